The average Bonchev–Trinajstić information content (AvgIpc) is 3.35. The normalized spacial score (nSPS) is 28.9. The van der Waals surface area contributed by atoms with Gasteiger partial charge in [0.2, 0.25) is 5.88 Å². The summed E-state index contributed by atoms with van der Waals surface area (Å²) in [4.78, 5) is 16.8. The number of fused-ring (bicyclic) bond motifs is 2. The van der Waals surface area contributed by atoms with Crippen LogP contribution in [0.15, 0.2) is 22.8 Å². The van der Waals surface area contributed by atoms with Crippen LogP contribution in [0.25, 0.3) is 0 Å². The van der Waals surface area contributed by atoms with Crippen LogP contribution in [0.2, 0.25) is 0 Å². The molecule has 3 aliphatic rings. The Hall–Kier alpha value is -1.55. The molecule has 3 atom stereocenters. The second kappa shape index (κ2) is 7.05. The van der Waals surface area contributed by atoms with Crippen molar-refractivity contribution < 1.29 is 19.4 Å². The second-order valence-electron chi connectivity index (χ2n) is 7.61. The van der Waals surface area contributed by atoms with Gasteiger partial charge < -0.3 is 19.5 Å². The van der Waals surface area contributed by atoms with Gasteiger partial charge in [-0.3, -0.25) is 4.79 Å². The Morgan fingerprint density at radius 2 is 2.29 bits per heavy atom. The van der Waals surface area contributed by atoms with Gasteiger partial charge in [0, 0.05) is 29.8 Å². The highest BCUT2D eigenvalue weighted by Crippen LogP contribution is 2.44. The minimum absolute atomic E-state index is 0.00981. The maximum Gasteiger partial charge on any atom is 0.264 e. The fraction of sp³-hybridized carbons (Fsp3) is 0.526. The Balaban J connectivity index is 1.31. The summed E-state index contributed by atoms with van der Waals surface area (Å²) < 4.78 is 12.1. The largest absolute Gasteiger partial charge is 0.470 e. The molecule has 28 heavy (non-hydrogen) atoms. The van der Waals surface area contributed by atoms with E-state index < -0.39 is 11.7 Å². The number of hydrogen-bond acceptors (Lipinski definition) is 7. The summed E-state index contributed by atoms with van der Waals surface area (Å²) in [6.07, 6.45) is 2.04. The fourth-order valence-electron chi connectivity index (χ4n) is 4.47. The highest BCUT2D eigenvalue weighted by Gasteiger charge is 2.57. The predicted molar refractivity (Wildman–Crippen MR) is 105 cm³/mol. The van der Waals surface area contributed by atoms with Crippen molar-refractivity contribution in [2.75, 3.05) is 19.7 Å². The van der Waals surface area contributed by atoms with Crippen molar-refractivity contribution in [1.82, 2.24) is 15.1 Å². The van der Waals surface area contributed by atoms with Crippen molar-refractivity contribution in [3.63, 3.8) is 0 Å². The number of thiophene rings is 1. The van der Waals surface area contributed by atoms with Crippen LogP contribution in [-0.2, 0) is 17.8 Å². The molecule has 1 saturated heterocycles. The number of aliphatic hydroxyl groups is 1. The maximum absolute atomic E-state index is 13.1. The number of likely N-dealkylation sites (tertiary alicyclic amines) is 1. The zero-order valence-corrected chi connectivity index (χ0v) is 17.5. The van der Waals surface area contributed by atoms with E-state index in [4.69, 9.17) is 9.47 Å². The molecule has 4 heterocycles. The van der Waals surface area contributed by atoms with Crippen molar-refractivity contribution >= 4 is 33.2 Å². The van der Waals surface area contributed by atoms with Gasteiger partial charge in [0.15, 0.2) is 0 Å². The van der Waals surface area contributed by atoms with Gasteiger partial charge in [-0.05, 0) is 46.5 Å². The summed E-state index contributed by atoms with van der Waals surface area (Å²) in [6.45, 7) is 2.13. The maximum atomic E-state index is 13.1. The molecule has 5 rings (SSSR count). The Morgan fingerprint density at radius 3 is 3.07 bits per heavy atom. The molecule has 9 heteroatoms. The Bertz CT molecular complexity index is 882. The molecular weight excluding hydrogens is 446 g/mol. The lowest BCUT2D eigenvalue weighted by Crippen LogP contribution is -2.48. The van der Waals surface area contributed by atoms with Gasteiger partial charge in [0.05, 0.1) is 24.6 Å². The van der Waals surface area contributed by atoms with E-state index in [2.05, 4.69) is 26.1 Å². The molecule has 1 N–H and O–H groups in total. The van der Waals surface area contributed by atoms with Crippen LogP contribution >= 0.6 is 27.3 Å². The quantitative estimate of drug-likeness (QED) is 0.748. The molecule has 2 aromatic rings. The van der Waals surface area contributed by atoms with Crippen LogP contribution in [0, 0.1) is 5.92 Å². The third kappa shape index (κ3) is 3.14. The highest BCUT2D eigenvalue weighted by atomic mass is 79.9. The van der Waals surface area contributed by atoms with Gasteiger partial charge in [-0.2, -0.15) is 0 Å². The van der Waals surface area contributed by atoms with E-state index in [0.29, 0.717) is 30.2 Å². The first kappa shape index (κ1) is 18.5. The van der Waals surface area contributed by atoms with Gasteiger partial charge in [0.25, 0.3) is 5.91 Å². The van der Waals surface area contributed by atoms with Crippen LogP contribution in [0.4, 0.5) is 0 Å². The number of aromatic nitrogens is 2. The van der Waals surface area contributed by atoms with Crippen LogP contribution in [0.3, 0.4) is 0 Å². The van der Waals surface area contributed by atoms with Gasteiger partial charge in [-0.25, -0.2) is 0 Å². The summed E-state index contributed by atoms with van der Waals surface area (Å²) in [5, 5.41) is 19.3. The molecular formula is C19H20BrN3O4S. The molecule has 1 amide bonds. The number of rotatable bonds is 3. The van der Waals surface area contributed by atoms with E-state index in [0.717, 1.165) is 29.7 Å². The minimum Gasteiger partial charge on any atom is -0.470 e. The minimum atomic E-state index is -1.05. The van der Waals surface area contributed by atoms with E-state index in [9.17, 15) is 9.90 Å². The number of hydrogen-bond donors (Lipinski definition) is 1. The highest BCUT2D eigenvalue weighted by molar-refractivity contribution is 9.10. The van der Waals surface area contributed by atoms with E-state index in [1.807, 2.05) is 6.07 Å². The van der Waals surface area contributed by atoms with Gasteiger partial charge in [-0.1, -0.05) is 0 Å². The van der Waals surface area contributed by atoms with E-state index >= 15 is 0 Å². The summed E-state index contributed by atoms with van der Waals surface area (Å²) in [5.74, 6) is 0.394. The van der Waals surface area contributed by atoms with Crippen LogP contribution in [0.1, 0.15) is 33.0 Å². The number of β-amino-alcohol motifs (C(OH)–C–C–N with tert-alkyl or cyclic N) is 1. The first-order valence-corrected chi connectivity index (χ1v) is 11.0. The van der Waals surface area contributed by atoms with E-state index in [1.165, 1.54) is 4.88 Å². The first-order valence-electron chi connectivity index (χ1n) is 9.40. The number of ether oxygens (including phenoxy) is 2. The lowest BCUT2D eigenvalue weighted by atomic mass is 9.93. The number of carbonyl (C=O) groups is 1. The lowest BCUT2D eigenvalue weighted by Gasteiger charge is -2.29. The summed E-state index contributed by atoms with van der Waals surface area (Å²) in [5.41, 5.74) is 0.0671. The molecule has 0 spiro atoms. The average molecular weight is 466 g/mol. The molecule has 2 aromatic heterocycles. The summed E-state index contributed by atoms with van der Waals surface area (Å²) >= 11 is 4.81. The zero-order chi connectivity index (χ0) is 19.3. The molecule has 0 unspecified atom stereocenters. The molecule has 2 fully saturated rings. The van der Waals surface area contributed by atoms with Crippen LogP contribution < -0.4 is 4.74 Å². The smallest absolute Gasteiger partial charge is 0.264 e. The van der Waals surface area contributed by atoms with Crippen LogP contribution in [-0.4, -0.2) is 57.5 Å². The monoisotopic (exact) mass is 465 g/mol. The van der Waals surface area contributed by atoms with Gasteiger partial charge in [-0.15, -0.1) is 21.5 Å². The summed E-state index contributed by atoms with van der Waals surface area (Å²) in [6, 6.07) is 5.43. The number of halogens is 1. The topological polar surface area (TPSA) is 84.8 Å². The predicted octanol–water partition coefficient (Wildman–Crippen LogP) is 2.42. The molecule has 1 saturated carbocycles. The SMILES string of the molecule is O=C(c1cc2c(s1)CCOC2)N1C[C@@H]2CC[C@@H](Oc3ccc(Br)nn3)[C@]2(O)C1. The number of nitrogens with zero attached hydrogens (tertiary/aromatic N) is 3. The van der Waals surface area contributed by atoms with Gasteiger partial charge >= 0.3 is 0 Å². The first-order chi connectivity index (χ1) is 13.5. The van der Waals surface area contributed by atoms with Gasteiger partial charge in [0.1, 0.15) is 16.3 Å². The Kier molecular flexibility index (Phi) is 4.65. The molecule has 2 aliphatic heterocycles. The third-order valence-corrected chi connectivity index (χ3v) is 7.57. The fourth-order valence-corrected chi connectivity index (χ4v) is 5.80. The number of amides is 1. The van der Waals surface area contributed by atoms with E-state index in [-0.39, 0.29) is 18.4 Å². The van der Waals surface area contributed by atoms with Crippen molar-refractivity contribution in [3.05, 3.63) is 38.1 Å². The number of carbonyl (C=O) groups excluding carboxylic acids is 1. The van der Waals surface area contributed by atoms with Crippen molar-refractivity contribution in [2.24, 2.45) is 5.92 Å². The molecule has 0 aromatic carbocycles. The second-order valence-corrected chi connectivity index (χ2v) is 9.56. The van der Waals surface area contributed by atoms with Crippen molar-refractivity contribution in [3.8, 4) is 5.88 Å². The molecule has 1 aliphatic carbocycles. The molecule has 0 radical (unpaired) electrons. The van der Waals surface area contributed by atoms with E-state index in [1.54, 1.807) is 28.4 Å². The van der Waals surface area contributed by atoms with Crippen LogP contribution in [0.5, 0.6) is 5.88 Å². The standard InChI is InChI=1S/C19H20BrN3O4S/c20-16-3-4-17(22-21-16)27-15-2-1-12-8-23(10-19(12,15)25)18(24)14-7-11-9-26-6-5-13(11)28-14/h3-4,7,12,15,25H,1-2,5-6,8-10H2/t12-,15+,19-/m0/s1. The zero-order valence-electron chi connectivity index (χ0n) is 15.1. The molecule has 0 bridgehead atoms. The molecule has 7 nitrogen and oxygen atoms in total. The lowest BCUT2D eigenvalue weighted by molar-refractivity contribution is -0.0508. The summed E-state index contributed by atoms with van der Waals surface area (Å²) in [7, 11) is 0. The molecule has 148 valence electrons. The van der Waals surface area contributed by atoms with Crippen molar-refractivity contribution in [2.45, 2.75) is 37.6 Å². The Morgan fingerprint density at radius 1 is 1.39 bits per heavy atom. The Labute approximate surface area is 174 Å². The third-order valence-electron chi connectivity index (χ3n) is 5.92. The van der Waals surface area contributed by atoms with Crippen molar-refractivity contribution in [1.29, 1.82) is 0 Å².